The number of amides is 1. The number of carbonyl (C=O) groups is 3. The molecule has 2 aromatic carbocycles. The number of alkyl halides is 3. The summed E-state index contributed by atoms with van der Waals surface area (Å²) >= 11 is 0. The Labute approximate surface area is 216 Å². The van der Waals surface area contributed by atoms with E-state index < -0.39 is 30.1 Å². The van der Waals surface area contributed by atoms with Crippen LogP contribution in [-0.2, 0) is 19.1 Å². The number of fused-ring (bicyclic) bond motifs is 1. The van der Waals surface area contributed by atoms with E-state index in [0.29, 0.717) is 25.1 Å². The highest BCUT2D eigenvalue weighted by atomic mass is 19.4. The van der Waals surface area contributed by atoms with Crippen LogP contribution in [0.2, 0.25) is 0 Å². The molecule has 0 bridgehead atoms. The highest BCUT2D eigenvalue weighted by Gasteiger charge is 2.40. The number of benzene rings is 2. The normalized spacial score (nSPS) is 19.0. The minimum Gasteiger partial charge on any atom is -0.475 e. The summed E-state index contributed by atoms with van der Waals surface area (Å²) in [6.07, 6.45) is -4.10. The number of hydrogen-bond acceptors (Lipinski definition) is 6. The third kappa shape index (κ3) is 6.90. The second-order valence-electron chi connectivity index (χ2n) is 8.56. The Balaban J connectivity index is 0.000000505. The summed E-state index contributed by atoms with van der Waals surface area (Å²) in [6.45, 7) is 0.808. The number of carboxylic acid groups (broad SMARTS) is 1. The molecular formula is C26H28F3N3O6. The second kappa shape index (κ2) is 12.6. The molecule has 204 valence electrons. The molecule has 1 aromatic heterocycles. The smallest absolute Gasteiger partial charge is 0.475 e. The third-order valence-electron chi connectivity index (χ3n) is 6.02. The highest BCUT2D eigenvalue weighted by Crippen LogP contribution is 2.38. The third-order valence-corrected chi connectivity index (χ3v) is 6.02. The minimum atomic E-state index is -5.08. The Bertz CT molecular complexity index is 1260. The predicted octanol–water partition coefficient (Wildman–Crippen LogP) is 3.60. The Morgan fingerprint density at radius 2 is 1.71 bits per heavy atom. The SMILES string of the molecule is COCCCOC(=O)c1cc2ccccc2n1C1C[C@@H](c2ccccc2)[C@@H](C(N)=O)N1.O=C(O)C(F)(F)F. The van der Waals surface area contributed by atoms with Crippen molar-refractivity contribution < 1.29 is 42.1 Å². The number of aliphatic carboxylic acids is 1. The van der Waals surface area contributed by atoms with Gasteiger partial charge in [-0.2, -0.15) is 13.2 Å². The lowest BCUT2D eigenvalue weighted by Crippen LogP contribution is -2.41. The van der Waals surface area contributed by atoms with Gasteiger partial charge in [-0.1, -0.05) is 48.5 Å². The lowest BCUT2D eigenvalue weighted by Gasteiger charge is -2.18. The number of halogens is 3. The average Bonchev–Trinajstić information content (AvgIpc) is 3.49. The standard InChI is InChI=1S/C24H27N3O4.C2HF3O2/c1-30-12-7-13-31-24(29)20-14-17-10-5-6-11-19(17)27(20)21-15-18(22(26-21)23(25)28)16-8-3-2-4-9-16;3-2(4,5)1(6)7/h2-6,8-11,14,18,21-22,26H,7,12-13,15H2,1H3,(H2,25,28);(H,6,7)/t18-,21?,22-;/m0./s1. The Morgan fingerprint density at radius 3 is 2.32 bits per heavy atom. The number of nitrogens with zero attached hydrogens (tertiary/aromatic N) is 1. The molecule has 1 saturated heterocycles. The largest absolute Gasteiger partial charge is 0.490 e. The quantitative estimate of drug-likeness (QED) is 0.297. The molecule has 3 atom stereocenters. The van der Waals surface area contributed by atoms with Gasteiger partial charge in [0.15, 0.2) is 0 Å². The summed E-state index contributed by atoms with van der Waals surface area (Å²) in [5.41, 5.74) is 8.13. The van der Waals surface area contributed by atoms with Gasteiger partial charge in [-0.15, -0.1) is 0 Å². The van der Waals surface area contributed by atoms with E-state index in [9.17, 15) is 22.8 Å². The molecule has 0 aliphatic carbocycles. The molecule has 2 heterocycles. The zero-order valence-corrected chi connectivity index (χ0v) is 20.5. The fourth-order valence-electron chi connectivity index (χ4n) is 4.37. The van der Waals surface area contributed by atoms with Crippen molar-refractivity contribution in [3.8, 4) is 0 Å². The van der Waals surface area contributed by atoms with Crippen LogP contribution in [0.25, 0.3) is 10.9 Å². The summed E-state index contributed by atoms with van der Waals surface area (Å²) < 4.78 is 44.2. The zero-order valence-electron chi connectivity index (χ0n) is 20.5. The molecule has 1 fully saturated rings. The number of para-hydroxylation sites is 1. The number of hydrogen-bond donors (Lipinski definition) is 3. The number of nitrogens with one attached hydrogen (secondary N) is 1. The van der Waals surface area contributed by atoms with Crippen molar-refractivity contribution in [1.29, 1.82) is 0 Å². The predicted molar refractivity (Wildman–Crippen MR) is 131 cm³/mol. The van der Waals surface area contributed by atoms with Gasteiger partial charge in [0.05, 0.1) is 24.3 Å². The maximum absolute atomic E-state index is 12.9. The van der Waals surface area contributed by atoms with Gasteiger partial charge >= 0.3 is 18.1 Å². The van der Waals surface area contributed by atoms with Crippen molar-refractivity contribution in [3.63, 3.8) is 0 Å². The Morgan fingerprint density at radius 1 is 1.08 bits per heavy atom. The first-order chi connectivity index (χ1) is 18.0. The van der Waals surface area contributed by atoms with Crippen LogP contribution in [0.1, 0.15) is 41.0 Å². The molecule has 0 radical (unpaired) electrons. The maximum Gasteiger partial charge on any atom is 0.490 e. The number of nitrogens with two attached hydrogens (primary N) is 1. The first-order valence-electron chi connectivity index (χ1n) is 11.7. The molecule has 0 spiro atoms. The monoisotopic (exact) mass is 535 g/mol. The second-order valence-corrected chi connectivity index (χ2v) is 8.56. The number of methoxy groups -OCH3 is 1. The lowest BCUT2D eigenvalue weighted by atomic mass is 9.91. The first kappa shape index (κ1) is 28.7. The van der Waals surface area contributed by atoms with Crippen LogP contribution in [-0.4, -0.2) is 60.1 Å². The Kier molecular flexibility index (Phi) is 9.48. The molecule has 4 rings (SSSR count). The fourth-order valence-corrected chi connectivity index (χ4v) is 4.37. The van der Waals surface area contributed by atoms with Gasteiger partial charge in [-0.3, -0.25) is 10.1 Å². The van der Waals surface area contributed by atoms with Gasteiger partial charge in [0.1, 0.15) is 5.69 Å². The van der Waals surface area contributed by atoms with E-state index in [0.717, 1.165) is 16.5 Å². The number of ether oxygens (including phenoxy) is 2. The molecule has 3 aromatic rings. The molecular weight excluding hydrogens is 507 g/mol. The van der Waals surface area contributed by atoms with Crippen LogP contribution in [0.3, 0.4) is 0 Å². The van der Waals surface area contributed by atoms with E-state index in [2.05, 4.69) is 5.32 Å². The number of rotatable bonds is 8. The first-order valence-corrected chi connectivity index (χ1v) is 11.7. The van der Waals surface area contributed by atoms with Crippen molar-refractivity contribution in [2.75, 3.05) is 20.3 Å². The number of carboxylic acids is 1. The molecule has 38 heavy (non-hydrogen) atoms. The zero-order chi connectivity index (χ0) is 27.9. The van der Waals surface area contributed by atoms with E-state index in [1.54, 1.807) is 7.11 Å². The summed E-state index contributed by atoms with van der Waals surface area (Å²) in [5, 5.41) is 11.4. The van der Waals surface area contributed by atoms with Gasteiger partial charge in [-0.25, -0.2) is 9.59 Å². The van der Waals surface area contributed by atoms with Crippen LogP contribution in [0, 0.1) is 0 Å². The topological polar surface area (TPSA) is 133 Å². The molecule has 1 aliphatic rings. The highest BCUT2D eigenvalue weighted by molar-refractivity contribution is 5.96. The molecule has 1 amide bonds. The number of esters is 1. The minimum absolute atomic E-state index is 0.0876. The van der Waals surface area contributed by atoms with Crippen molar-refractivity contribution in [3.05, 3.63) is 71.9 Å². The van der Waals surface area contributed by atoms with Crippen molar-refractivity contribution in [1.82, 2.24) is 9.88 Å². The summed E-state index contributed by atoms with van der Waals surface area (Å²) in [7, 11) is 1.61. The van der Waals surface area contributed by atoms with E-state index in [1.807, 2.05) is 65.2 Å². The van der Waals surface area contributed by atoms with Gasteiger partial charge in [0.25, 0.3) is 0 Å². The number of primary amides is 1. The van der Waals surface area contributed by atoms with Crippen LogP contribution >= 0.6 is 0 Å². The summed E-state index contributed by atoms with van der Waals surface area (Å²) in [6, 6.07) is 19.0. The fraction of sp³-hybridized carbons (Fsp3) is 0.346. The van der Waals surface area contributed by atoms with E-state index in [1.165, 1.54) is 0 Å². The summed E-state index contributed by atoms with van der Waals surface area (Å²) in [5.74, 6) is -3.65. The van der Waals surface area contributed by atoms with Crippen LogP contribution < -0.4 is 11.1 Å². The number of carbonyl (C=O) groups excluding carboxylic acids is 2. The van der Waals surface area contributed by atoms with Crippen molar-refractivity contribution >= 4 is 28.7 Å². The Hall–Kier alpha value is -3.90. The molecule has 4 N–H and O–H groups in total. The van der Waals surface area contributed by atoms with Crippen LogP contribution in [0.15, 0.2) is 60.7 Å². The maximum atomic E-state index is 12.9. The molecule has 1 unspecified atom stereocenters. The molecule has 9 nitrogen and oxygen atoms in total. The van der Waals surface area contributed by atoms with E-state index in [-0.39, 0.29) is 18.7 Å². The molecule has 12 heteroatoms. The van der Waals surface area contributed by atoms with E-state index >= 15 is 0 Å². The van der Waals surface area contributed by atoms with Gasteiger partial charge < -0.3 is 24.9 Å². The van der Waals surface area contributed by atoms with Crippen LogP contribution in [0.4, 0.5) is 13.2 Å². The molecule has 1 aliphatic heterocycles. The number of aromatic nitrogens is 1. The molecule has 0 saturated carbocycles. The summed E-state index contributed by atoms with van der Waals surface area (Å²) in [4.78, 5) is 34.0. The van der Waals surface area contributed by atoms with Gasteiger partial charge in [0.2, 0.25) is 5.91 Å². The van der Waals surface area contributed by atoms with Gasteiger partial charge in [-0.05, 0) is 24.1 Å². The van der Waals surface area contributed by atoms with Gasteiger partial charge in [0, 0.05) is 31.4 Å². The van der Waals surface area contributed by atoms with Crippen molar-refractivity contribution in [2.24, 2.45) is 5.73 Å². The van der Waals surface area contributed by atoms with Crippen LogP contribution in [0.5, 0.6) is 0 Å². The average molecular weight is 536 g/mol. The van der Waals surface area contributed by atoms with E-state index in [4.69, 9.17) is 25.1 Å². The van der Waals surface area contributed by atoms with Crippen molar-refractivity contribution in [2.45, 2.75) is 37.1 Å². The lowest BCUT2D eigenvalue weighted by molar-refractivity contribution is -0.192.